The van der Waals surface area contributed by atoms with Crippen molar-refractivity contribution in [1.29, 1.82) is 0 Å². The molecule has 0 unspecified atom stereocenters. The monoisotopic (exact) mass is 193 g/mol. The fraction of sp³-hybridized carbons (Fsp3) is 0.727. The fourth-order valence-corrected chi connectivity index (χ4v) is 1.69. The van der Waals surface area contributed by atoms with Gasteiger partial charge in [-0.05, 0) is 19.3 Å². The predicted molar refractivity (Wildman–Crippen MR) is 57.2 cm³/mol. The average Bonchev–Trinajstić information content (AvgIpc) is 2.89. The molecular formula is C11H19N3. The van der Waals surface area contributed by atoms with Crippen LogP contribution in [0, 0.1) is 0 Å². The number of nitrogens with one attached hydrogen (secondary N) is 1. The Morgan fingerprint density at radius 2 is 2.43 bits per heavy atom. The summed E-state index contributed by atoms with van der Waals surface area (Å²) in [5, 5.41) is 3.52. The molecule has 78 valence electrons. The van der Waals surface area contributed by atoms with Crippen LogP contribution in [0.1, 0.15) is 31.9 Å². The smallest absolute Gasteiger partial charge is 0.0948 e. The van der Waals surface area contributed by atoms with Crippen molar-refractivity contribution in [2.75, 3.05) is 6.54 Å². The SMILES string of the molecule is CCCc1cncn1CCNC1CC1. The Balaban J connectivity index is 1.78. The van der Waals surface area contributed by atoms with Gasteiger partial charge in [0.2, 0.25) is 0 Å². The molecule has 0 radical (unpaired) electrons. The summed E-state index contributed by atoms with van der Waals surface area (Å²) in [5.74, 6) is 0. The van der Waals surface area contributed by atoms with Gasteiger partial charge in [-0.15, -0.1) is 0 Å². The topological polar surface area (TPSA) is 29.9 Å². The third kappa shape index (κ3) is 2.58. The van der Waals surface area contributed by atoms with E-state index >= 15 is 0 Å². The van der Waals surface area contributed by atoms with Crippen LogP contribution in [-0.4, -0.2) is 22.1 Å². The van der Waals surface area contributed by atoms with Crippen LogP contribution in [0.25, 0.3) is 0 Å². The van der Waals surface area contributed by atoms with Crippen LogP contribution >= 0.6 is 0 Å². The molecule has 3 nitrogen and oxygen atoms in total. The first kappa shape index (κ1) is 9.71. The first-order valence-electron chi connectivity index (χ1n) is 5.62. The third-order valence-corrected chi connectivity index (χ3v) is 2.67. The molecule has 0 bridgehead atoms. The van der Waals surface area contributed by atoms with Gasteiger partial charge < -0.3 is 9.88 Å². The fourth-order valence-electron chi connectivity index (χ4n) is 1.69. The lowest BCUT2D eigenvalue weighted by molar-refractivity contribution is 0.578. The van der Waals surface area contributed by atoms with Crippen molar-refractivity contribution in [1.82, 2.24) is 14.9 Å². The lowest BCUT2D eigenvalue weighted by Crippen LogP contribution is -2.22. The maximum absolute atomic E-state index is 4.19. The van der Waals surface area contributed by atoms with Crippen molar-refractivity contribution in [3.8, 4) is 0 Å². The number of hydrogen-bond acceptors (Lipinski definition) is 2. The summed E-state index contributed by atoms with van der Waals surface area (Å²) in [6.45, 7) is 4.35. The summed E-state index contributed by atoms with van der Waals surface area (Å²) in [6.07, 6.45) is 9.00. The molecule has 0 spiro atoms. The van der Waals surface area contributed by atoms with Gasteiger partial charge in [-0.1, -0.05) is 13.3 Å². The van der Waals surface area contributed by atoms with Gasteiger partial charge in [0.1, 0.15) is 0 Å². The van der Waals surface area contributed by atoms with E-state index in [1.54, 1.807) is 0 Å². The van der Waals surface area contributed by atoms with E-state index in [-0.39, 0.29) is 0 Å². The Morgan fingerprint density at radius 3 is 3.14 bits per heavy atom. The van der Waals surface area contributed by atoms with E-state index in [9.17, 15) is 0 Å². The van der Waals surface area contributed by atoms with Crippen LogP contribution in [0.4, 0.5) is 0 Å². The summed E-state index contributed by atoms with van der Waals surface area (Å²) in [4.78, 5) is 4.19. The van der Waals surface area contributed by atoms with E-state index in [2.05, 4.69) is 21.8 Å². The second-order valence-electron chi connectivity index (χ2n) is 4.06. The maximum atomic E-state index is 4.19. The number of rotatable bonds is 6. The predicted octanol–water partition coefficient (Wildman–Crippen LogP) is 1.59. The molecule has 1 aliphatic rings. The van der Waals surface area contributed by atoms with Crippen molar-refractivity contribution >= 4 is 0 Å². The van der Waals surface area contributed by atoms with Crippen LogP contribution in [0.5, 0.6) is 0 Å². The Bertz CT molecular complexity index is 276. The number of nitrogens with zero attached hydrogens (tertiary/aromatic N) is 2. The molecule has 0 saturated heterocycles. The molecule has 1 heterocycles. The van der Waals surface area contributed by atoms with Gasteiger partial charge in [-0.25, -0.2) is 4.98 Å². The summed E-state index contributed by atoms with van der Waals surface area (Å²) in [6, 6.07) is 0.813. The van der Waals surface area contributed by atoms with Crippen molar-refractivity contribution in [3.63, 3.8) is 0 Å². The normalized spacial score (nSPS) is 16.1. The standard InChI is InChI=1S/C11H19N3/c1-2-3-11-8-12-9-14(11)7-6-13-10-4-5-10/h8-10,13H,2-7H2,1H3. The molecule has 1 aliphatic carbocycles. The molecule has 1 aromatic heterocycles. The molecule has 14 heavy (non-hydrogen) atoms. The van der Waals surface area contributed by atoms with Crippen molar-refractivity contribution < 1.29 is 0 Å². The van der Waals surface area contributed by atoms with Gasteiger partial charge in [-0.2, -0.15) is 0 Å². The van der Waals surface area contributed by atoms with Gasteiger partial charge in [0.25, 0.3) is 0 Å². The summed E-state index contributed by atoms with van der Waals surface area (Å²) in [7, 11) is 0. The molecule has 1 fully saturated rings. The molecule has 0 amide bonds. The maximum Gasteiger partial charge on any atom is 0.0948 e. The van der Waals surface area contributed by atoms with E-state index in [4.69, 9.17) is 0 Å². The highest BCUT2D eigenvalue weighted by Crippen LogP contribution is 2.18. The minimum absolute atomic E-state index is 0.813. The second-order valence-corrected chi connectivity index (χ2v) is 4.06. The zero-order valence-electron chi connectivity index (χ0n) is 8.87. The first-order valence-corrected chi connectivity index (χ1v) is 5.62. The molecule has 3 heteroatoms. The Morgan fingerprint density at radius 1 is 1.57 bits per heavy atom. The van der Waals surface area contributed by atoms with Gasteiger partial charge in [0.05, 0.1) is 6.33 Å². The number of hydrogen-bond donors (Lipinski definition) is 1. The van der Waals surface area contributed by atoms with Crippen LogP contribution < -0.4 is 5.32 Å². The summed E-state index contributed by atoms with van der Waals surface area (Å²) >= 11 is 0. The van der Waals surface area contributed by atoms with Crippen molar-refractivity contribution in [3.05, 3.63) is 18.2 Å². The van der Waals surface area contributed by atoms with Crippen molar-refractivity contribution in [2.24, 2.45) is 0 Å². The van der Waals surface area contributed by atoms with Gasteiger partial charge in [-0.3, -0.25) is 0 Å². The Labute approximate surface area is 85.5 Å². The van der Waals surface area contributed by atoms with Gasteiger partial charge >= 0.3 is 0 Å². The minimum atomic E-state index is 0.813. The number of aromatic nitrogens is 2. The lowest BCUT2D eigenvalue weighted by atomic mass is 10.3. The van der Waals surface area contributed by atoms with E-state index in [0.29, 0.717) is 0 Å². The van der Waals surface area contributed by atoms with E-state index < -0.39 is 0 Å². The van der Waals surface area contributed by atoms with E-state index in [1.807, 2.05) is 12.5 Å². The molecule has 0 aromatic carbocycles. The quantitative estimate of drug-likeness (QED) is 0.743. The molecular weight excluding hydrogens is 174 g/mol. The number of imidazole rings is 1. The Kier molecular flexibility index (Phi) is 3.19. The molecule has 1 saturated carbocycles. The molecule has 2 rings (SSSR count). The molecule has 0 atom stereocenters. The van der Waals surface area contributed by atoms with Crippen molar-refractivity contribution in [2.45, 2.75) is 45.2 Å². The summed E-state index contributed by atoms with van der Waals surface area (Å²) < 4.78 is 2.26. The zero-order chi connectivity index (χ0) is 9.80. The van der Waals surface area contributed by atoms with Crippen LogP contribution in [0.15, 0.2) is 12.5 Å². The lowest BCUT2D eigenvalue weighted by Gasteiger charge is -2.07. The van der Waals surface area contributed by atoms with Crippen LogP contribution in [0.3, 0.4) is 0 Å². The Hall–Kier alpha value is -0.830. The highest BCUT2D eigenvalue weighted by molar-refractivity contribution is 4.98. The highest BCUT2D eigenvalue weighted by atomic mass is 15.1. The first-order chi connectivity index (χ1) is 6.90. The van der Waals surface area contributed by atoms with E-state index in [1.165, 1.54) is 25.0 Å². The molecule has 1 aromatic rings. The minimum Gasteiger partial charge on any atom is -0.333 e. The average molecular weight is 193 g/mol. The molecule has 1 N–H and O–H groups in total. The van der Waals surface area contributed by atoms with Crippen LogP contribution in [0.2, 0.25) is 0 Å². The third-order valence-electron chi connectivity index (χ3n) is 2.67. The summed E-state index contributed by atoms with van der Waals surface area (Å²) in [5.41, 5.74) is 1.37. The zero-order valence-corrected chi connectivity index (χ0v) is 8.87. The molecule has 0 aliphatic heterocycles. The van der Waals surface area contributed by atoms with Gasteiger partial charge in [0, 0.05) is 31.0 Å². The largest absolute Gasteiger partial charge is 0.333 e. The van der Waals surface area contributed by atoms with Gasteiger partial charge in [0.15, 0.2) is 0 Å². The highest BCUT2D eigenvalue weighted by Gasteiger charge is 2.19. The second kappa shape index (κ2) is 4.60. The number of aryl methyl sites for hydroxylation is 1. The van der Waals surface area contributed by atoms with Crippen LogP contribution in [-0.2, 0) is 13.0 Å². The van der Waals surface area contributed by atoms with E-state index in [0.717, 1.165) is 25.6 Å².